The molecule has 0 bridgehead atoms. The van der Waals surface area contributed by atoms with Crippen molar-refractivity contribution in [1.82, 2.24) is 14.3 Å². The molecule has 1 aromatic carbocycles. The van der Waals surface area contributed by atoms with Crippen molar-refractivity contribution in [3.05, 3.63) is 28.3 Å². The molecule has 1 unspecified atom stereocenters. The van der Waals surface area contributed by atoms with Crippen LogP contribution in [0, 0.1) is 0 Å². The van der Waals surface area contributed by atoms with Gasteiger partial charge in [-0.2, -0.15) is 13.1 Å². The number of amides is 2. The number of carbonyl (C=O) groups is 1. The summed E-state index contributed by atoms with van der Waals surface area (Å²) < 4.78 is 29.1. The normalized spacial score (nSPS) is 20.7. The van der Waals surface area contributed by atoms with Crippen LogP contribution in [0.25, 0.3) is 0 Å². The maximum atomic E-state index is 12.4. The van der Waals surface area contributed by atoms with Gasteiger partial charge in [-0.1, -0.05) is 13.0 Å². The third-order valence-electron chi connectivity index (χ3n) is 6.12. The molecule has 1 heterocycles. The number of carbonyl (C=O) groups excluding carboxylic acids is 1. The summed E-state index contributed by atoms with van der Waals surface area (Å²) in [5.41, 5.74) is 5.82. The number of urea groups is 1. The van der Waals surface area contributed by atoms with Gasteiger partial charge in [-0.25, -0.2) is 9.52 Å². The zero-order valence-corrected chi connectivity index (χ0v) is 20.7. The number of anilines is 1. The summed E-state index contributed by atoms with van der Waals surface area (Å²) in [6.45, 7) is 4.29. The molecule has 2 amide bonds. The van der Waals surface area contributed by atoms with E-state index in [1.807, 2.05) is 0 Å². The van der Waals surface area contributed by atoms with E-state index in [9.17, 15) is 13.2 Å². The van der Waals surface area contributed by atoms with Crippen LogP contribution in [0.1, 0.15) is 48.4 Å². The number of likely N-dealkylation sites (tertiary alicyclic amines) is 1. The molecular weight excluding hydrogens is 403 g/mol. The van der Waals surface area contributed by atoms with Gasteiger partial charge >= 0.3 is 16.2 Å². The molecule has 1 aromatic rings. The van der Waals surface area contributed by atoms with Crippen LogP contribution < -0.4 is 14.8 Å². The third-order valence-corrected chi connectivity index (χ3v) is 7.12. The van der Waals surface area contributed by atoms with Crippen molar-refractivity contribution >= 4 is 73.3 Å². The second kappa shape index (κ2) is 9.43. The number of hydrogen-bond donors (Lipinski definition) is 3. The first kappa shape index (κ1) is 22.7. The molecule has 1 aliphatic heterocycles. The summed E-state index contributed by atoms with van der Waals surface area (Å²) >= 11 is 0. The molecule has 9 heteroatoms. The molecule has 2 aliphatic carbocycles. The van der Waals surface area contributed by atoms with Crippen molar-refractivity contribution in [1.29, 1.82) is 0 Å². The maximum absolute atomic E-state index is 12.4. The van der Waals surface area contributed by atoms with Crippen LogP contribution in [0.15, 0.2) is 6.07 Å². The van der Waals surface area contributed by atoms with E-state index in [-0.39, 0.29) is 57.4 Å². The molecular formula is C19H28KN4O3S. The zero-order chi connectivity index (χ0) is 19.0. The Balaban J connectivity index is 0.00000225. The Hall–Kier alpha value is -0.00364. The molecule has 3 aliphatic rings. The Kier molecular flexibility index (Phi) is 7.63. The fourth-order valence-electron chi connectivity index (χ4n) is 4.61. The van der Waals surface area contributed by atoms with Crippen molar-refractivity contribution in [2.45, 2.75) is 57.9 Å². The van der Waals surface area contributed by atoms with Crippen LogP contribution in [-0.2, 0) is 35.9 Å². The Morgan fingerprint density at radius 3 is 2.32 bits per heavy atom. The monoisotopic (exact) mass is 431 g/mol. The van der Waals surface area contributed by atoms with E-state index in [2.05, 4.69) is 32.7 Å². The number of hydrogen-bond acceptors (Lipinski definition) is 4. The fourth-order valence-corrected chi connectivity index (χ4v) is 5.39. The van der Waals surface area contributed by atoms with E-state index < -0.39 is 16.2 Å². The molecule has 1 saturated heterocycles. The van der Waals surface area contributed by atoms with E-state index >= 15 is 0 Å². The predicted molar refractivity (Wildman–Crippen MR) is 111 cm³/mol. The molecule has 0 spiro atoms. The Morgan fingerprint density at radius 2 is 1.79 bits per heavy atom. The molecule has 4 rings (SSSR count). The van der Waals surface area contributed by atoms with Gasteiger partial charge in [-0.3, -0.25) is 4.90 Å². The largest absolute Gasteiger partial charge is 0.333 e. The molecule has 1 atom stereocenters. The zero-order valence-electron chi connectivity index (χ0n) is 16.8. The third kappa shape index (κ3) is 4.83. The topological polar surface area (TPSA) is 90.5 Å². The van der Waals surface area contributed by atoms with Crippen LogP contribution in [0.4, 0.5) is 10.5 Å². The quantitative estimate of drug-likeness (QED) is 0.593. The van der Waals surface area contributed by atoms with Gasteiger partial charge in [0.2, 0.25) is 0 Å². The van der Waals surface area contributed by atoms with Crippen LogP contribution in [0.2, 0.25) is 0 Å². The number of rotatable bonds is 6. The summed E-state index contributed by atoms with van der Waals surface area (Å²) in [6.07, 6.45) is 7.11. The minimum Gasteiger partial charge on any atom is -0.307 e. The molecule has 0 aromatic heterocycles. The maximum Gasteiger partial charge on any atom is 0.333 e. The van der Waals surface area contributed by atoms with E-state index in [1.165, 1.54) is 22.3 Å². The first-order chi connectivity index (χ1) is 13.0. The van der Waals surface area contributed by atoms with Gasteiger partial charge in [0.05, 0.1) is 0 Å². The average molecular weight is 432 g/mol. The van der Waals surface area contributed by atoms with Gasteiger partial charge in [-0.15, -0.1) is 0 Å². The van der Waals surface area contributed by atoms with Gasteiger partial charge < -0.3 is 5.32 Å². The standard InChI is InChI=1S/C19H28N4O3S.K/c1-2-23-10-9-15(23)12-20-27(25,26)22-19(24)21-18-16-7-3-5-13(16)11-14-6-4-8-17(14)18;/h11,15,20H,2-10,12H2,1H3,(H2,21,22,24);. The predicted octanol–water partition coefficient (Wildman–Crippen LogP) is 1.33. The summed E-state index contributed by atoms with van der Waals surface area (Å²) in [5, 5.41) is 2.85. The SMILES string of the molecule is CCN1CCC1CNS(=O)(=O)NC(=O)Nc1c2c(cc3c1CCC3)CCC2.[K]. The average Bonchev–Trinajstić information content (AvgIpc) is 3.22. The second-order valence-corrected chi connectivity index (χ2v) is 9.21. The number of benzene rings is 1. The van der Waals surface area contributed by atoms with Gasteiger partial charge in [0, 0.05) is 76.2 Å². The molecule has 1 radical (unpaired) electrons. The molecule has 1 fully saturated rings. The molecule has 3 N–H and O–H groups in total. The van der Waals surface area contributed by atoms with Crippen molar-refractivity contribution in [3.63, 3.8) is 0 Å². The number of nitrogens with one attached hydrogen (secondary N) is 3. The Bertz CT molecular complexity index is 825. The first-order valence-corrected chi connectivity index (χ1v) is 11.4. The van der Waals surface area contributed by atoms with Crippen molar-refractivity contribution in [2.75, 3.05) is 25.0 Å². The van der Waals surface area contributed by atoms with E-state index in [0.29, 0.717) is 6.54 Å². The van der Waals surface area contributed by atoms with E-state index in [1.54, 1.807) is 0 Å². The minimum absolute atomic E-state index is 0. The fraction of sp³-hybridized carbons (Fsp3) is 0.632. The minimum atomic E-state index is -3.87. The van der Waals surface area contributed by atoms with Gasteiger partial charge in [0.25, 0.3) is 0 Å². The molecule has 149 valence electrons. The summed E-state index contributed by atoms with van der Waals surface area (Å²) in [7, 11) is -3.87. The van der Waals surface area contributed by atoms with Crippen LogP contribution in [0.5, 0.6) is 0 Å². The van der Waals surface area contributed by atoms with Crippen LogP contribution in [-0.4, -0.2) is 96.4 Å². The van der Waals surface area contributed by atoms with Gasteiger partial charge in [0.1, 0.15) is 0 Å². The summed E-state index contributed by atoms with van der Waals surface area (Å²) in [4.78, 5) is 14.6. The molecule has 0 saturated carbocycles. The van der Waals surface area contributed by atoms with Crippen LogP contribution >= 0.6 is 0 Å². The van der Waals surface area contributed by atoms with Gasteiger partial charge in [0.15, 0.2) is 0 Å². The van der Waals surface area contributed by atoms with Crippen molar-refractivity contribution < 1.29 is 13.2 Å². The number of likely N-dealkylation sites (N-methyl/N-ethyl adjacent to an activating group) is 1. The first-order valence-electron chi connectivity index (χ1n) is 9.96. The summed E-state index contributed by atoms with van der Waals surface area (Å²) in [5.74, 6) is 0. The van der Waals surface area contributed by atoms with Crippen molar-refractivity contribution in [2.24, 2.45) is 0 Å². The smallest absolute Gasteiger partial charge is 0.307 e. The van der Waals surface area contributed by atoms with Crippen LogP contribution in [0.3, 0.4) is 0 Å². The van der Waals surface area contributed by atoms with Gasteiger partial charge in [-0.05, 0) is 73.7 Å². The van der Waals surface area contributed by atoms with E-state index in [4.69, 9.17) is 0 Å². The Labute approximate surface area is 210 Å². The molecule has 7 nitrogen and oxygen atoms in total. The van der Waals surface area contributed by atoms with Crippen molar-refractivity contribution in [3.8, 4) is 0 Å². The Morgan fingerprint density at radius 1 is 1.14 bits per heavy atom. The van der Waals surface area contributed by atoms with E-state index in [0.717, 1.165) is 63.7 Å². The number of aryl methyl sites for hydroxylation is 2. The number of fused-ring (bicyclic) bond motifs is 2. The molecule has 28 heavy (non-hydrogen) atoms. The second-order valence-electron chi connectivity index (χ2n) is 7.71. The number of nitrogens with zero attached hydrogens (tertiary/aromatic N) is 1. The summed E-state index contributed by atoms with van der Waals surface area (Å²) in [6, 6.07) is 1.82.